The zero-order valence-electron chi connectivity index (χ0n) is 17.3. The van der Waals surface area contributed by atoms with E-state index in [0.717, 1.165) is 40.6 Å². The number of aliphatic hydroxyl groups excluding tert-OH is 1. The van der Waals surface area contributed by atoms with E-state index in [9.17, 15) is 9.90 Å². The number of rotatable bonds is 4. The van der Waals surface area contributed by atoms with Gasteiger partial charge in [-0.1, -0.05) is 30.3 Å². The molecule has 3 aromatic rings. The SMILES string of the molecule is O=C(C1CC(O)CO1)N1CCC(Oc2ccc(-c3cnc4ccccc4c3)cc2)CC1. The normalized spacial score (nSPS) is 22.0. The predicted octanol–water partition coefficient (Wildman–Crippen LogP) is 3.42. The number of hydrogen-bond acceptors (Lipinski definition) is 5. The zero-order chi connectivity index (χ0) is 21.2. The average Bonchev–Trinajstić information content (AvgIpc) is 3.25. The molecule has 6 nitrogen and oxygen atoms in total. The van der Waals surface area contributed by atoms with Crippen LogP contribution in [-0.2, 0) is 9.53 Å². The fraction of sp³-hybridized carbons (Fsp3) is 0.360. The second-order valence-electron chi connectivity index (χ2n) is 8.30. The summed E-state index contributed by atoms with van der Waals surface area (Å²) in [6.45, 7) is 1.56. The molecule has 160 valence electrons. The molecule has 2 aliphatic heterocycles. The monoisotopic (exact) mass is 418 g/mol. The van der Waals surface area contributed by atoms with Crippen LogP contribution in [0.15, 0.2) is 60.8 Å². The molecule has 0 radical (unpaired) electrons. The first-order chi connectivity index (χ1) is 15.2. The molecule has 5 rings (SSSR count). The third-order valence-electron chi connectivity index (χ3n) is 6.09. The third kappa shape index (κ3) is 4.40. The number of piperidine rings is 1. The molecular weight excluding hydrogens is 392 g/mol. The van der Waals surface area contributed by atoms with Crippen LogP contribution in [0.1, 0.15) is 19.3 Å². The Bertz CT molecular complexity index is 1060. The summed E-state index contributed by atoms with van der Waals surface area (Å²) in [5, 5.41) is 10.7. The number of aromatic nitrogens is 1. The molecule has 0 bridgehead atoms. The summed E-state index contributed by atoms with van der Waals surface area (Å²) >= 11 is 0. The Balaban J connectivity index is 1.17. The van der Waals surface area contributed by atoms with Gasteiger partial charge in [-0.05, 0) is 29.8 Å². The largest absolute Gasteiger partial charge is 0.490 e. The Morgan fingerprint density at radius 2 is 1.84 bits per heavy atom. The van der Waals surface area contributed by atoms with E-state index >= 15 is 0 Å². The lowest BCUT2D eigenvalue weighted by molar-refractivity contribution is -0.142. The fourth-order valence-corrected chi connectivity index (χ4v) is 4.33. The van der Waals surface area contributed by atoms with Crippen LogP contribution in [0.3, 0.4) is 0 Å². The molecule has 31 heavy (non-hydrogen) atoms. The molecule has 1 amide bonds. The van der Waals surface area contributed by atoms with Crippen molar-refractivity contribution in [2.45, 2.75) is 37.6 Å². The Morgan fingerprint density at radius 1 is 1.06 bits per heavy atom. The van der Waals surface area contributed by atoms with Crippen molar-refractivity contribution >= 4 is 16.8 Å². The summed E-state index contributed by atoms with van der Waals surface area (Å²) in [6.07, 6.45) is 2.95. The first kappa shape index (κ1) is 20.0. The van der Waals surface area contributed by atoms with E-state index in [0.29, 0.717) is 19.5 Å². The molecule has 6 heteroatoms. The van der Waals surface area contributed by atoms with Crippen molar-refractivity contribution in [3.63, 3.8) is 0 Å². The minimum Gasteiger partial charge on any atom is -0.490 e. The maximum Gasteiger partial charge on any atom is 0.251 e. The van der Waals surface area contributed by atoms with Crippen molar-refractivity contribution in [3.05, 3.63) is 60.8 Å². The summed E-state index contributed by atoms with van der Waals surface area (Å²) in [5.41, 5.74) is 3.17. The lowest BCUT2D eigenvalue weighted by Gasteiger charge is -2.33. The smallest absolute Gasteiger partial charge is 0.251 e. The molecule has 1 aromatic heterocycles. The van der Waals surface area contributed by atoms with E-state index in [-0.39, 0.29) is 18.6 Å². The van der Waals surface area contributed by atoms with Crippen LogP contribution < -0.4 is 4.74 Å². The number of amides is 1. The highest BCUT2D eigenvalue weighted by Gasteiger charge is 2.34. The van der Waals surface area contributed by atoms with Crippen LogP contribution >= 0.6 is 0 Å². The summed E-state index contributed by atoms with van der Waals surface area (Å²) in [6, 6.07) is 18.4. The molecule has 0 spiro atoms. The van der Waals surface area contributed by atoms with Crippen LogP contribution in [-0.4, -0.2) is 58.9 Å². The van der Waals surface area contributed by atoms with Crippen molar-refractivity contribution in [1.29, 1.82) is 0 Å². The van der Waals surface area contributed by atoms with Crippen LogP contribution in [0.2, 0.25) is 0 Å². The number of likely N-dealkylation sites (tertiary alicyclic amines) is 1. The van der Waals surface area contributed by atoms with Gasteiger partial charge in [0.25, 0.3) is 5.91 Å². The Labute approximate surface area is 181 Å². The zero-order valence-corrected chi connectivity index (χ0v) is 17.3. The molecule has 2 aliphatic rings. The molecule has 2 aromatic carbocycles. The standard InChI is InChI=1S/C25H26N2O4/c28-20-14-24(30-16-20)25(29)27-11-9-22(10-12-27)31-21-7-5-17(6-8-21)19-13-18-3-1-2-4-23(18)26-15-19/h1-8,13,15,20,22,24,28H,9-12,14,16H2. The van der Waals surface area contributed by atoms with Crippen molar-refractivity contribution in [2.24, 2.45) is 0 Å². The highest BCUT2D eigenvalue weighted by atomic mass is 16.5. The summed E-state index contributed by atoms with van der Waals surface area (Å²) in [5.74, 6) is 0.827. The van der Waals surface area contributed by atoms with Gasteiger partial charge in [0.05, 0.1) is 18.2 Å². The van der Waals surface area contributed by atoms with Crippen LogP contribution in [0, 0.1) is 0 Å². The van der Waals surface area contributed by atoms with E-state index in [1.54, 1.807) is 0 Å². The number of carbonyl (C=O) groups excluding carboxylic acids is 1. The molecular formula is C25H26N2O4. The van der Waals surface area contributed by atoms with Gasteiger partial charge >= 0.3 is 0 Å². The third-order valence-corrected chi connectivity index (χ3v) is 6.09. The average molecular weight is 418 g/mol. The van der Waals surface area contributed by atoms with Gasteiger partial charge in [0.2, 0.25) is 0 Å². The molecule has 0 aliphatic carbocycles. The number of hydrogen-bond donors (Lipinski definition) is 1. The van der Waals surface area contributed by atoms with Gasteiger partial charge in [-0.25, -0.2) is 0 Å². The van der Waals surface area contributed by atoms with Crippen LogP contribution in [0.5, 0.6) is 5.75 Å². The van der Waals surface area contributed by atoms with E-state index in [1.165, 1.54) is 0 Å². The van der Waals surface area contributed by atoms with Gasteiger partial charge < -0.3 is 19.5 Å². The first-order valence-electron chi connectivity index (χ1n) is 10.9. The Morgan fingerprint density at radius 3 is 2.58 bits per heavy atom. The molecule has 0 saturated carbocycles. The van der Waals surface area contributed by atoms with Gasteiger partial charge in [-0.3, -0.25) is 9.78 Å². The van der Waals surface area contributed by atoms with Gasteiger partial charge in [0, 0.05) is 49.5 Å². The Kier molecular flexibility index (Phi) is 5.57. The van der Waals surface area contributed by atoms with Gasteiger partial charge in [-0.2, -0.15) is 0 Å². The molecule has 2 unspecified atom stereocenters. The molecule has 1 N–H and O–H groups in total. The number of pyridine rings is 1. The highest BCUT2D eigenvalue weighted by molar-refractivity contribution is 5.83. The van der Waals surface area contributed by atoms with Gasteiger partial charge in [0.1, 0.15) is 18.0 Å². The number of nitrogens with zero attached hydrogens (tertiary/aromatic N) is 2. The minimum absolute atomic E-state index is 0.0108. The second-order valence-corrected chi connectivity index (χ2v) is 8.30. The first-order valence-corrected chi connectivity index (χ1v) is 10.9. The van der Waals surface area contributed by atoms with Gasteiger partial charge in [0.15, 0.2) is 0 Å². The van der Waals surface area contributed by atoms with Gasteiger partial charge in [-0.15, -0.1) is 0 Å². The predicted molar refractivity (Wildman–Crippen MR) is 118 cm³/mol. The maximum atomic E-state index is 12.5. The van der Waals surface area contributed by atoms with Crippen molar-refractivity contribution < 1.29 is 19.4 Å². The summed E-state index contributed by atoms with van der Waals surface area (Å²) in [7, 11) is 0. The lowest BCUT2D eigenvalue weighted by Crippen LogP contribution is -2.46. The number of aliphatic hydroxyl groups is 1. The number of benzene rings is 2. The fourth-order valence-electron chi connectivity index (χ4n) is 4.33. The molecule has 2 fully saturated rings. The Hall–Kier alpha value is -2.96. The van der Waals surface area contributed by atoms with Crippen LogP contribution in [0.25, 0.3) is 22.0 Å². The topological polar surface area (TPSA) is 71.9 Å². The second kappa shape index (κ2) is 8.65. The maximum absolute atomic E-state index is 12.5. The number of para-hydroxylation sites is 1. The summed E-state index contributed by atoms with van der Waals surface area (Å²) < 4.78 is 11.6. The van der Waals surface area contributed by atoms with E-state index < -0.39 is 12.2 Å². The van der Waals surface area contributed by atoms with Crippen molar-refractivity contribution in [1.82, 2.24) is 9.88 Å². The van der Waals surface area contributed by atoms with Crippen LogP contribution in [0.4, 0.5) is 0 Å². The van der Waals surface area contributed by atoms with E-state index in [4.69, 9.17) is 9.47 Å². The molecule has 2 atom stereocenters. The minimum atomic E-state index is -0.525. The number of carbonyl (C=O) groups is 1. The van der Waals surface area contributed by atoms with Crippen molar-refractivity contribution in [3.8, 4) is 16.9 Å². The number of ether oxygens (including phenoxy) is 2. The lowest BCUT2D eigenvalue weighted by atomic mass is 10.0. The van der Waals surface area contributed by atoms with E-state index in [2.05, 4.69) is 29.2 Å². The molecule has 3 heterocycles. The molecule has 2 saturated heterocycles. The quantitative estimate of drug-likeness (QED) is 0.703. The number of fused-ring (bicyclic) bond motifs is 1. The summed E-state index contributed by atoms with van der Waals surface area (Å²) in [4.78, 5) is 18.9. The van der Waals surface area contributed by atoms with Crippen molar-refractivity contribution in [2.75, 3.05) is 19.7 Å². The van der Waals surface area contributed by atoms with E-state index in [1.807, 2.05) is 41.4 Å². The highest BCUT2D eigenvalue weighted by Crippen LogP contribution is 2.27.